The molecule has 2 aliphatic carbocycles. The van der Waals surface area contributed by atoms with Crippen LogP contribution in [-0.2, 0) is 14.6 Å². The molecule has 2 aliphatic rings. The Morgan fingerprint density at radius 3 is 2.68 bits per heavy atom. The number of nitrogens with one attached hydrogen (secondary N) is 1. The van der Waals surface area contributed by atoms with Gasteiger partial charge in [0.25, 0.3) is 0 Å². The molecule has 1 aromatic rings. The Balaban J connectivity index is 1.76. The lowest BCUT2D eigenvalue weighted by molar-refractivity contribution is -0.127. The molecule has 4 atom stereocenters. The Labute approximate surface area is 153 Å². The summed E-state index contributed by atoms with van der Waals surface area (Å²) in [6.45, 7) is -0.0255. The van der Waals surface area contributed by atoms with E-state index in [9.17, 15) is 13.2 Å². The first-order chi connectivity index (χ1) is 12.0. The maximum Gasteiger partial charge on any atom is 0.224 e. The van der Waals surface area contributed by atoms with Gasteiger partial charge in [-0.2, -0.15) is 5.26 Å². The molecule has 0 heterocycles. The lowest BCUT2D eigenvalue weighted by Gasteiger charge is -2.30. The van der Waals surface area contributed by atoms with E-state index in [1.54, 1.807) is 23.9 Å². The van der Waals surface area contributed by atoms with Crippen LogP contribution in [0.4, 0.5) is 0 Å². The summed E-state index contributed by atoms with van der Waals surface area (Å²) in [6, 6.07) is 8.83. The van der Waals surface area contributed by atoms with E-state index in [-0.39, 0.29) is 36.0 Å². The minimum absolute atomic E-state index is 0.000521. The van der Waals surface area contributed by atoms with Crippen LogP contribution in [0.15, 0.2) is 34.1 Å². The number of sulfone groups is 1. The zero-order valence-corrected chi connectivity index (χ0v) is 15.8. The molecule has 0 aromatic heterocycles. The van der Waals surface area contributed by atoms with E-state index < -0.39 is 9.84 Å². The molecule has 134 valence electrons. The number of hydrogen-bond acceptors (Lipinski definition) is 5. The minimum atomic E-state index is -3.43. The number of nitriles is 1. The van der Waals surface area contributed by atoms with Gasteiger partial charge in [0.2, 0.25) is 5.91 Å². The number of thioether (sulfide) groups is 1. The Hall–Kier alpha value is -1.52. The molecule has 4 unspecified atom stereocenters. The van der Waals surface area contributed by atoms with Crippen LogP contribution in [0.3, 0.4) is 0 Å². The van der Waals surface area contributed by atoms with Crippen molar-refractivity contribution in [2.75, 3.05) is 18.6 Å². The fourth-order valence-corrected chi connectivity index (χ4v) is 6.09. The van der Waals surface area contributed by atoms with Crippen LogP contribution >= 0.6 is 11.8 Å². The van der Waals surface area contributed by atoms with Crippen LogP contribution in [0.25, 0.3) is 0 Å². The molecule has 25 heavy (non-hydrogen) atoms. The van der Waals surface area contributed by atoms with Gasteiger partial charge in [-0.1, -0.05) is 0 Å². The molecular weight excluding hydrogens is 356 g/mol. The Morgan fingerprint density at radius 1 is 1.32 bits per heavy atom. The highest BCUT2D eigenvalue weighted by Crippen LogP contribution is 2.55. The number of hydrogen-bond donors (Lipinski definition) is 1. The average Bonchev–Trinajstić information content (AvgIpc) is 3.38. The number of fused-ring (bicyclic) bond motifs is 1. The highest BCUT2D eigenvalue weighted by atomic mass is 32.2. The monoisotopic (exact) mass is 378 g/mol. The van der Waals surface area contributed by atoms with E-state index in [0.717, 1.165) is 24.2 Å². The van der Waals surface area contributed by atoms with E-state index in [1.807, 2.05) is 24.5 Å². The van der Waals surface area contributed by atoms with Crippen molar-refractivity contribution >= 4 is 27.5 Å². The maximum atomic E-state index is 12.8. The third-order valence-electron chi connectivity index (χ3n) is 5.35. The summed E-state index contributed by atoms with van der Waals surface area (Å²) >= 11 is 1.57. The molecule has 5 nitrogen and oxygen atoms in total. The van der Waals surface area contributed by atoms with Gasteiger partial charge in [-0.05, 0) is 67.5 Å². The normalized spacial score (nSPS) is 27.8. The fourth-order valence-electron chi connectivity index (χ4n) is 4.00. The quantitative estimate of drug-likeness (QED) is 0.607. The first kappa shape index (κ1) is 18.3. The first-order valence-corrected chi connectivity index (χ1v) is 11.4. The summed E-state index contributed by atoms with van der Waals surface area (Å²) in [5.41, 5.74) is 0. The topological polar surface area (TPSA) is 87.0 Å². The van der Waals surface area contributed by atoms with Gasteiger partial charge in [-0.15, -0.1) is 11.8 Å². The van der Waals surface area contributed by atoms with Gasteiger partial charge in [0, 0.05) is 10.8 Å². The summed E-state index contributed by atoms with van der Waals surface area (Å²) in [4.78, 5) is 13.8. The van der Waals surface area contributed by atoms with Gasteiger partial charge < -0.3 is 5.32 Å². The first-order valence-electron chi connectivity index (χ1n) is 8.47. The number of nitrogens with zero attached hydrogens (tertiary/aromatic N) is 1. The summed E-state index contributed by atoms with van der Waals surface area (Å²) in [7, 11) is -3.43. The van der Waals surface area contributed by atoms with Gasteiger partial charge in [0.15, 0.2) is 9.84 Å². The van der Waals surface area contributed by atoms with Crippen LogP contribution in [-0.4, -0.2) is 32.9 Å². The van der Waals surface area contributed by atoms with Crippen molar-refractivity contribution in [2.45, 2.75) is 29.1 Å². The number of carbonyl (C=O) groups is 1. The van der Waals surface area contributed by atoms with Crippen molar-refractivity contribution in [1.82, 2.24) is 5.32 Å². The van der Waals surface area contributed by atoms with Crippen LogP contribution in [0.5, 0.6) is 0 Å². The highest BCUT2D eigenvalue weighted by Gasteiger charge is 2.52. The second kappa shape index (κ2) is 7.38. The van der Waals surface area contributed by atoms with Crippen LogP contribution in [0.1, 0.15) is 19.3 Å². The van der Waals surface area contributed by atoms with E-state index in [0.29, 0.717) is 10.8 Å². The molecule has 1 amide bonds. The predicted molar refractivity (Wildman–Crippen MR) is 96.7 cm³/mol. The Bertz CT molecular complexity index is 784. The van der Waals surface area contributed by atoms with Gasteiger partial charge in [0.05, 0.1) is 16.7 Å². The minimum Gasteiger partial charge on any atom is -0.343 e. The molecule has 0 bridgehead atoms. The molecular formula is C18H22N2O3S2. The molecule has 7 heteroatoms. The van der Waals surface area contributed by atoms with Crippen molar-refractivity contribution < 1.29 is 13.2 Å². The molecule has 0 radical (unpaired) electrons. The lowest BCUT2D eigenvalue weighted by Crippen LogP contribution is -2.41. The molecule has 3 rings (SSSR count). The van der Waals surface area contributed by atoms with Crippen LogP contribution in [0, 0.1) is 35.0 Å². The SMILES string of the molecule is CSc1ccc(S(=O)(=O)CC2CCC3CC3C2C(=O)NCC#N)cc1. The summed E-state index contributed by atoms with van der Waals surface area (Å²) in [6.07, 6.45) is 4.71. The zero-order valence-electron chi connectivity index (χ0n) is 14.1. The fraction of sp³-hybridized carbons (Fsp3) is 0.556. The molecule has 0 aliphatic heterocycles. The second-order valence-corrected chi connectivity index (χ2v) is 9.77. The van der Waals surface area contributed by atoms with E-state index in [1.165, 1.54) is 0 Å². The lowest BCUT2D eigenvalue weighted by atomic mass is 9.79. The number of carbonyl (C=O) groups excluding carboxylic acids is 1. The van der Waals surface area contributed by atoms with E-state index in [2.05, 4.69) is 5.32 Å². The van der Waals surface area contributed by atoms with E-state index >= 15 is 0 Å². The second-order valence-electron chi connectivity index (χ2n) is 6.86. The van der Waals surface area contributed by atoms with Crippen molar-refractivity contribution in [3.05, 3.63) is 24.3 Å². The number of rotatable bonds is 6. The molecule has 2 fully saturated rings. The van der Waals surface area contributed by atoms with Gasteiger partial charge in [-0.3, -0.25) is 4.79 Å². The van der Waals surface area contributed by atoms with Crippen molar-refractivity contribution in [1.29, 1.82) is 5.26 Å². The molecule has 1 aromatic carbocycles. The van der Waals surface area contributed by atoms with Crippen molar-refractivity contribution in [3.63, 3.8) is 0 Å². The Morgan fingerprint density at radius 2 is 2.04 bits per heavy atom. The highest BCUT2D eigenvalue weighted by molar-refractivity contribution is 7.98. The van der Waals surface area contributed by atoms with Gasteiger partial charge >= 0.3 is 0 Å². The molecule has 1 N–H and O–H groups in total. The largest absolute Gasteiger partial charge is 0.343 e. The standard InChI is InChI=1S/C18H22N2O3S2/c1-24-14-4-6-15(7-5-14)25(22,23)11-13-3-2-12-10-16(12)17(13)18(21)20-9-8-19/h4-7,12-13,16-17H,2-3,9-11H2,1H3,(H,20,21). The Kier molecular flexibility index (Phi) is 5.40. The molecule has 2 saturated carbocycles. The van der Waals surface area contributed by atoms with Crippen molar-refractivity contribution in [3.8, 4) is 6.07 Å². The summed E-state index contributed by atoms with van der Waals surface area (Å²) in [5.74, 6) is 0.218. The van der Waals surface area contributed by atoms with Crippen LogP contribution < -0.4 is 5.32 Å². The predicted octanol–water partition coefficient (Wildman–Crippen LogP) is 2.48. The molecule has 0 saturated heterocycles. The summed E-state index contributed by atoms with van der Waals surface area (Å²) < 4.78 is 25.6. The van der Waals surface area contributed by atoms with E-state index in [4.69, 9.17) is 5.26 Å². The maximum absolute atomic E-state index is 12.8. The van der Waals surface area contributed by atoms with Crippen molar-refractivity contribution in [2.24, 2.45) is 23.7 Å². The third-order valence-corrected chi connectivity index (χ3v) is 7.95. The third kappa shape index (κ3) is 4.01. The zero-order chi connectivity index (χ0) is 18.0. The molecule has 0 spiro atoms. The van der Waals surface area contributed by atoms with Gasteiger partial charge in [0.1, 0.15) is 6.54 Å². The number of benzene rings is 1. The average molecular weight is 379 g/mol. The van der Waals surface area contributed by atoms with Gasteiger partial charge in [-0.25, -0.2) is 8.42 Å². The van der Waals surface area contributed by atoms with Crippen LogP contribution in [0.2, 0.25) is 0 Å². The smallest absolute Gasteiger partial charge is 0.224 e. The number of amides is 1. The summed E-state index contributed by atoms with van der Waals surface area (Å²) in [5, 5.41) is 11.3.